The van der Waals surface area contributed by atoms with Crippen LogP contribution in [0.15, 0.2) is 52.8 Å². The summed E-state index contributed by atoms with van der Waals surface area (Å²) < 4.78 is 13.7. The Balaban J connectivity index is 1.81. The lowest BCUT2D eigenvalue weighted by molar-refractivity contribution is -0.113. The lowest BCUT2D eigenvalue weighted by Gasteiger charge is -2.29. The fourth-order valence-corrected chi connectivity index (χ4v) is 5.06. The second-order valence-corrected chi connectivity index (χ2v) is 10.6. The van der Waals surface area contributed by atoms with Crippen LogP contribution in [0.2, 0.25) is 0 Å². The first-order valence-corrected chi connectivity index (χ1v) is 14.1. The predicted molar refractivity (Wildman–Crippen MR) is 153 cm³/mol. The molecule has 0 spiro atoms. The lowest BCUT2D eigenvalue weighted by atomic mass is 9.94. The van der Waals surface area contributed by atoms with Crippen LogP contribution < -0.4 is 20.1 Å². The SMILES string of the molecule is CCCSc1nc2n(n1)C(c1ccc(OC(C)C)c(OCC)c1)C(C(=O)Nc1cccc(C)c1C)=C(C)N2. The van der Waals surface area contributed by atoms with E-state index < -0.39 is 6.04 Å². The van der Waals surface area contributed by atoms with E-state index in [-0.39, 0.29) is 12.0 Å². The Morgan fingerprint density at radius 1 is 1.16 bits per heavy atom. The van der Waals surface area contributed by atoms with Crippen LogP contribution in [0.5, 0.6) is 11.5 Å². The normalized spacial score (nSPS) is 14.8. The molecule has 9 heteroatoms. The Morgan fingerprint density at radius 3 is 2.66 bits per heavy atom. The molecule has 3 aromatic rings. The summed E-state index contributed by atoms with van der Waals surface area (Å²) in [5.74, 6) is 2.62. The van der Waals surface area contributed by atoms with Crippen LogP contribution in [0, 0.1) is 13.8 Å². The number of fused-ring (bicyclic) bond motifs is 1. The fourth-order valence-electron chi connectivity index (χ4n) is 4.38. The summed E-state index contributed by atoms with van der Waals surface area (Å²) in [6, 6.07) is 11.2. The summed E-state index contributed by atoms with van der Waals surface area (Å²) in [7, 11) is 0. The number of carbonyl (C=O) groups excluding carboxylic acids is 1. The van der Waals surface area contributed by atoms with Gasteiger partial charge in [-0.25, -0.2) is 4.68 Å². The number of rotatable bonds is 10. The molecule has 0 saturated heterocycles. The molecule has 2 aromatic carbocycles. The van der Waals surface area contributed by atoms with Gasteiger partial charge in [-0.1, -0.05) is 36.9 Å². The molecule has 1 atom stereocenters. The number of aromatic nitrogens is 3. The van der Waals surface area contributed by atoms with E-state index in [9.17, 15) is 4.79 Å². The van der Waals surface area contributed by atoms with Crippen molar-refractivity contribution in [1.29, 1.82) is 0 Å². The van der Waals surface area contributed by atoms with Crippen LogP contribution in [0.4, 0.5) is 11.6 Å². The molecule has 202 valence electrons. The highest BCUT2D eigenvalue weighted by molar-refractivity contribution is 7.99. The van der Waals surface area contributed by atoms with Crippen molar-refractivity contribution in [3.05, 3.63) is 64.4 Å². The number of hydrogen-bond donors (Lipinski definition) is 2. The maximum Gasteiger partial charge on any atom is 0.255 e. The quantitative estimate of drug-likeness (QED) is 0.286. The maximum absolute atomic E-state index is 13.9. The molecule has 0 fully saturated rings. The van der Waals surface area contributed by atoms with Crippen molar-refractivity contribution in [2.45, 2.75) is 72.2 Å². The predicted octanol–water partition coefficient (Wildman–Crippen LogP) is 6.51. The highest BCUT2D eigenvalue weighted by Crippen LogP contribution is 2.40. The van der Waals surface area contributed by atoms with Crippen molar-refractivity contribution in [3.8, 4) is 11.5 Å². The molecule has 1 aliphatic heterocycles. The van der Waals surface area contributed by atoms with Gasteiger partial charge in [-0.3, -0.25) is 4.79 Å². The minimum absolute atomic E-state index is 0.0000474. The second kappa shape index (κ2) is 11.9. The molecular formula is C29H37N5O3S. The van der Waals surface area contributed by atoms with E-state index in [1.54, 1.807) is 16.4 Å². The average Bonchev–Trinajstić information content (AvgIpc) is 3.27. The van der Waals surface area contributed by atoms with Gasteiger partial charge in [-0.15, -0.1) is 5.10 Å². The van der Waals surface area contributed by atoms with Crippen LogP contribution in [0.1, 0.15) is 63.8 Å². The van der Waals surface area contributed by atoms with E-state index in [4.69, 9.17) is 19.6 Å². The van der Waals surface area contributed by atoms with Gasteiger partial charge in [0, 0.05) is 17.1 Å². The number of carbonyl (C=O) groups is 1. The van der Waals surface area contributed by atoms with Crippen LogP contribution in [0.3, 0.4) is 0 Å². The topological polar surface area (TPSA) is 90.3 Å². The molecule has 0 radical (unpaired) electrons. The minimum Gasteiger partial charge on any atom is -0.490 e. The summed E-state index contributed by atoms with van der Waals surface area (Å²) in [4.78, 5) is 18.6. The molecule has 0 aliphatic carbocycles. The number of hydrogen-bond acceptors (Lipinski definition) is 7. The van der Waals surface area contributed by atoms with Crippen molar-refractivity contribution in [2.24, 2.45) is 0 Å². The zero-order valence-corrected chi connectivity index (χ0v) is 24.0. The van der Waals surface area contributed by atoms with E-state index >= 15 is 0 Å². The van der Waals surface area contributed by atoms with Crippen molar-refractivity contribution >= 4 is 29.3 Å². The van der Waals surface area contributed by atoms with Gasteiger partial charge in [0.05, 0.1) is 18.3 Å². The fraction of sp³-hybridized carbons (Fsp3) is 0.414. The Kier molecular flexibility index (Phi) is 8.66. The molecule has 0 saturated carbocycles. The average molecular weight is 536 g/mol. The van der Waals surface area contributed by atoms with E-state index in [2.05, 4.69) is 17.6 Å². The molecular weight excluding hydrogens is 498 g/mol. The van der Waals surface area contributed by atoms with Gasteiger partial charge in [0.1, 0.15) is 6.04 Å². The zero-order valence-electron chi connectivity index (χ0n) is 23.2. The number of allylic oxidation sites excluding steroid dienone is 1. The Labute approximate surface area is 229 Å². The van der Waals surface area contributed by atoms with Crippen LogP contribution >= 0.6 is 11.8 Å². The van der Waals surface area contributed by atoms with Gasteiger partial charge >= 0.3 is 0 Å². The number of benzene rings is 2. The first-order valence-electron chi connectivity index (χ1n) is 13.1. The number of aryl methyl sites for hydroxylation is 1. The zero-order chi connectivity index (χ0) is 27.4. The molecule has 2 N–H and O–H groups in total. The van der Waals surface area contributed by atoms with Crippen LogP contribution in [0.25, 0.3) is 0 Å². The molecule has 38 heavy (non-hydrogen) atoms. The van der Waals surface area contributed by atoms with E-state index in [0.29, 0.717) is 34.8 Å². The van der Waals surface area contributed by atoms with Crippen molar-refractivity contribution < 1.29 is 14.3 Å². The van der Waals surface area contributed by atoms with Crippen LogP contribution in [-0.4, -0.2) is 39.1 Å². The molecule has 0 bridgehead atoms. The van der Waals surface area contributed by atoms with Gasteiger partial charge in [-0.05, 0) is 82.9 Å². The van der Waals surface area contributed by atoms with Crippen molar-refractivity contribution in [1.82, 2.24) is 14.8 Å². The Hall–Kier alpha value is -3.46. The molecule has 8 nitrogen and oxygen atoms in total. The largest absolute Gasteiger partial charge is 0.490 e. The molecule has 4 rings (SSSR count). The number of nitrogens with zero attached hydrogens (tertiary/aromatic N) is 3. The summed E-state index contributed by atoms with van der Waals surface area (Å²) in [5, 5.41) is 11.9. The summed E-state index contributed by atoms with van der Waals surface area (Å²) >= 11 is 1.60. The van der Waals surface area contributed by atoms with Crippen LogP contribution in [-0.2, 0) is 4.79 Å². The van der Waals surface area contributed by atoms with E-state index in [1.165, 1.54) is 0 Å². The number of thioether (sulfide) groups is 1. The maximum atomic E-state index is 13.9. The number of amides is 1. The molecule has 2 heterocycles. The minimum atomic E-state index is -0.507. The van der Waals surface area contributed by atoms with Gasteiger partial charge in [0.15, 0.2) is 11.5 Å². The standard InChI is InChI=1S/C29H37N5O3S/c1-8-15-38-29-32-28-30-20(7)25(27(35)31-22-12-10-11-18(5)19(22)6)26(34(28)33-29)21-13-14-23(37-17(3)4)24(16-21)36-9-2/h10-14,16-17,26H,8-9,15H2,1-7H3,(H,31,35)(H,30,32,33). The summed E-state index contributed by atoms with van der Waals surface area (Å²) in [6.07, 6.45) is 1.02. The van der Waals surface area contributed by atoms with Crippen molar-refractivity contribution in [2.75, 3.05) is 23.0 Å². The molecule has 1 amide bonds. The summed E-state index contributed by atoms with van der Waals surface area (Å²) in [5.41, 5.74) is 5.08. The number of nitrogens with one attached hydrogen (secondary N) is 2. The first-order chi connectivity index (χ1) is 18.2. The second-order valence-electron chi connectivity index (χ2n) is 9.58. The van der Waals surface area contributed by atoms with Gasteiger partial charge in [-0.2, -0.15) is 4.98 Å². The van der Waals surface area contributed by atoms with Crippen molar-refractivity contribution in [3.63, 3.8) is 0 Å². The highest BCUT2D eigenvalue weighted by Gasteiger charge is 2.35. The third-order valence-corrected chi connectivity index (χ3v) is 7.36. The third-order valence-electron chi connectivity index (χ3n) is 6.31. The van der Waals surface area contributed by atoms with Gasteiger partial charge in [0.2, 0.25) is 11.1 Å². The highest BCUT2D eigenvalue weighted by atomic mass is 32.2. The number of ether oxygens (including phenoxy) is 2. The summed E-state index contributed by atoms with van der Waals surface area (Å²) in [6.45, 7) is 14.5. The Bertz CT molecular complexity index is 1350. The van der Waals surface area contributed by atoms with E-state index in [0.717, 1.165) is 40.2 Å². The molecule has 1 unspecified atom stereocenters. The van der Waals surface area contributed by atoms with Gasteiger partial charge in [0.25, 0.3) is 5.91 Å². The smallest absolute Gasteiger partial charge is 0.255 e. The first kappa shape index (κ1) is 27.6. The lowest BCUT2D eigenvalue weighted by Crippen LogP contribution is -2.31. The third kappa shape index (κ3) is 5.83. The van der Waals surface area contributed by atoms with Gasteiger partial charge < -0.3 is 20.1 Å². The van der Waals surface area contributed by atoms with E-state index in [1.807, 2.05) is 77.9 Å². The Morgan fingerprint density at radius 2 is 1.95 bits per heavy atom. The molecule has 1 aromatic heterocycles. The number of anilines is 2. The molecule has 1 aliphatic rings. The monoisotopic (exact) mass is 535 g/mol.